The average Bonchev–Trinajstić information content (AvgIpc) is 3.48. The third-order valence-corrected chi connectivity index (χ3v) is 12.2. The Kier molecular flexibility index (Phi) is 7.00. The summed E-state index contributed by atoms with van der Waals surface area (Å²) in [6.07, 6.45) is 0. The summed E-state index contributed by atoms with van der Waals surface area (Å²) in [5.74, 6) is 0. The summed E-state index contributed by atoms with van der Waals surface area (Å²) < 4.78 is 0. The summed E-state index contributed by atoms with van der Waals surface area (Å²) in [6, 6.07) is 72.1. The second-order valence-electron chi connectivity index (χ2n) is 15.6. The molecule has 0 unspecified atom stereocenters. The lowest BCUT2D eigenvalue weighted by molar-refractivity contribution is 0.661. The minimum Gasteiger partial charge on any atom is -0.0622 e. The van der Waals surface area contributed by atoms with Gasteiger partial charge in [-0.25, -0.2) is 0 Å². The van der Waals surface area contributed by atoms with Crippen molar-refractivity contribution in [3.05, 3.63) is 205 Å². The molecule has 55 heavy (non-hydrogen) atoms. The summed E-state index contributed by atoms with van der Waals surface area (Å²) in [5.41, 5.74) is 15.4. The first kappa shape index (κ1) is 31.7. The molecule has 0 spiro atoms. The first-order valence-corrected chi connectivity index (χ1v) is 19.3. The van der Waals surface area contributed by atoms with Gasteiger partial charge in [-0.05, 0) is 128 Å². The van der Waals surface area contributed by atoms with Crippen LogP contribution in [0.5, 0.6) is 0 Å². The van der Waals surface area contributed by atoms with Gasteiger partial charge in [0.25, 0.3) is 0 Å². The van der Waals surface area contributed by atoms with E-state index in [-0.39, 0.29) is 5.41 Å². The van der Waals surface area contributed by atoms with Crippen LogP contribution in [0.3, 0.4) is 0 Å². The molecule has 0 amide bonds. The van der Waals surface area contributed by atoms with E-state index in [9.17, 15) is 0 Å². The molecule has 0 bridgehead atoms. The first-order chi connectivity index (χ1) is 27.0. The lowest BCUT2D eigenvalue weighted by atomic mass is 9.81. The van der Waals surface area contributed by atoms with E-state index in [1.54, 1.807) is 0 Å². The highest BCUT2D eigenvalue weighted by atomic mass is 14.4. The molecular formula is C55H38. The van der Waals surface area contributed by atoms with E-state index in [1.165, 1.54) is 110 Å². The van der Waals surface area contributed by atoms with Crippen molar-refractivity contribution in [2.24, 2.45) is 0 Å². The molecule has 1 aliphatic rings. The molecule has 11 rings (SSSR count). The van der Waals surface area contributed by atoms with Crippen LogP contribution in [0.4, 0.5) is 0 Å². The van der Waals surface area contributed by atoms with Crippen LogP contribution < -0.4 is 0 Å². The molecule has 0 saturated heterocycles. The Bertz CT molecular complexity index is 3160. The fraction of sp³-hybridized carbons (Fsp3) is 0.0545. The van der Waals surface area contributed by atoms with Crippen molar-refractivity contribution in [1.82, 2.24) is 0 Å². The third kappa shape index (κ3) is 4.85. The summed E-state index contributed by atoms with van der Waals surface area (Å²) >= 11 is 0. The molecule has 0 saturated carbocycles. The van der Waals surface area contributed by atoms with Crippen LogP contribution >= 0.6 is 0 Å². The second kappa shape index (κ2) is 12.1. The second-order valence-corrected chi connectivity index (χ2v) is 15.6. The quantitative estimate of drug-likeness (QED) is 0.127. The van der Waals surface area contributed by atoms with Gasteiger partial charge in [0.15, 0.2) is 0 Å². The molecule has 0 heterocycles. The van der Waals surface area contributed by atoms with Gasteiger partial charge in [-0.1, -0.05) is 190 Å². The standard InChI is InChI=1S/C55H38/c1-55(2)49-31-28-36-15-6-8-22-43(36)53(49)47-29-27-41(34-50(47)55)39-19-12-18-38(32-39)40-20-13-21-42(33-40)52-46-25-11-10-24-45(46)51(37-16-4-3-5-17-37)48-30-26-35-14-7-9-23-44(35)54(48)52/h3-34H,1-2H3. The van der Waals surface area contributed by atoms with Crippen molar-refractivity contribution in [2.75, 3.05) is 0 Å². The number of hydrogen-bond acceptors (Lipinski definition) is 0. The van der Waals surface area contributed by atoms with Crippen LogP contribution in [-0.2, 0) is 5.41 Å². The minimum atomic E-state index is -0.0809. The van der Waals surface area contributed by atoms with Gasteiger partial charge in [0.1, 0.15) is 0 Å². The van der Waals surface area contributed by atoms with Crippen molar-refractivity contribution in [3.63, 3.8) is 0 Å². The molecule has 0 atom stereocenters. The lowest BCUT2D eigenvalue weighted by Gasteiger charge is -2.22. The Balaban J connectivity index is 1.07. The molecule has 10 aromatic carbocycles. The zero-order valence-electron chi connectivity index (χ0n) is 31.0. The summed E-state index contributed by atoms with van der Waals surface area (Å²) in [7, 11) is 0. The van der Waals surface area contributed by atoms with E-state index in [4.69, 9.17) is 0 Å². The van der Waals surface area contributed by atoms with Crippen LogP contribution in [-0.4, -0.2) is 0 Å². The van der Waals surface area contributed by atoms with E-state index >= 15 is 0 Å². The lowest BCUT2D eigenvalue weighted by Crippen LogP contribution is -2.15. The van der Waals surface area contributed by atoms with Crippen LogP contribution in [0.1, 0.15) is 25.0 Å². The highest BCUT2D eigenvalue weighted by Crippen LogP contribution is 2.52. The molecule has 0 aromatic heterocycles. The number of hydrogen-bond donors (Lipinski definition) is 0. The van der Waals surface area contributed by atoms with Crippen LogP contribution in [0.15, 0.2) is 194 Å². The number of benzene rings is 10. The van der Waals surface area contributed by atoms with E-state index in [1.807, 2.05) is 0 Å². The first-order valence-electron chi connectivity index (χ1n) is 19.3. The third-order valence-electron chi connectivity index (χ3n) is 12.2. The van der Waals surface area contributed by atoms with E-state index in [0.717, 1.165) is 0 Å². The topological polar surface area (TPSA) is 0 Å². The van der Waals surface area contributed by atoms with Gasteiger partial charge in [-0.15, -0.1) is 0 Å². The maximum atomic E-state index is 2.44. The molecule has 0 radical (unpaired) electrons. The highest BCUT2D eigenvalue weighted by Gasteiger charge is 2.36. The summed E-state index contributed by atoms with van der Waals surface area (Å²) in [4.78, 5) is 0. The normalized spacial score (nSPS) is 13.1. The SMILES string of the molecule is CC1(C)c2cc(-c3cccc(-c4cccc(-c5c6ccccc6c(-c6ccccc6)c6ccc7ccccc7c56)c4)c3)ccc2-c2c1ccc1ccccc21. The molecule has 0 nitrogen and oxygen atoms in total. The molecule has 0 heteroatoms. The van der Waals surface area contributed by atoms with Gasteiger partial charge in [0.2, 0.25) is 0 Å². The van der Waals surface area contributed by atoms with Crippen LogP contribution in [0.2, 0.25) is 0 Å². The number of fused-ring (bicyclic) bond motifs is 9. The predicted octanol–water partition coefficient (Wildman–Crippen LogP) is 15.3. The Morgan fingerprint density at radius 1 is 0.291 bits per heavy atom. The largest absolute Gasteiger partial charge is 0.0622 e. The highest BCUT2D eigenvalue weighted by molar-refractivity contribution is 6.28. The molecule has 258 valence electrons. The Morgan fingerprint density at radius 2 is 0.818 bits per heavy atom. The number of rotatable bonds is 4. The van der Waals surface area contributed by atoms with Gasteiger partial charge < -0.3 is 0 Å². The predicted molar refractivity (Wildman–Crippen MR) is 236 cm³/mol. The minimum absolute atomic E-state index is 0.0809. The molecular weight excluding hydrogens is 661 g/mol. The smallest absolute Gasteiger partial charge is 0.0159 e. The van der Waals surface area contributed by atoms with Gasteiger partial charge in [0, 0.05) is 5.41 Å². The summed E-state index contributed by atoms with van der Waals surface area (Å²) in [5, 5.41) is 10.3. The molecule has 10 aromatic rings. The van der Waals surface area contributed by atoms with Gasteiger partial charge in [-0.2, -0.15) is 0 Å². The molecule has 0 fully saturated rings. The van der Waals surface area contributed by atoms with E-state index in [2.05, 4.69) is 208 Å². The summed E-state index contributed by atoms with van der Waals surface area (Å²) in [6.45, 7) is 4.75. The monoisotopic (exact) mass is 698 g/mol. The fourth-order valence-corrected chi connectivity index (χ4v) is 9.58. The van der Waals surface area contributed by atoms with Crippen molar-refractivity contribution in [3.8, 4) is 55.6 Å². The Hall–Kier alpha value is -6.76. The Morgan fingerprint density at radius 3 is 1.55 bits per heavy atom. The van der Waals surface area contributed by atoms with Crippen molar-refractivity contribution in [2.45, 2.75) is 19.3 Å². The van der Waals surface area contributed by atoms with Crippen molar-refractivity contribution >= 4 is 43.1 Å². The van der Waals surface area contributed by atoms with Gasteiger partial charge in [-0.3, -0.25) is 0 Å². The maximum absolute atomic E-state index is 2.44. The maximum Gasteiger partial charge on any atom is 0.0159 e. The molecule has 0 N–H and O–H groups in total. The molecule has 1 aliphatic carbocycles. The van der Waals surface area contributed by atoms with E-state index in [0.29, 0.717) is 0 Å². The van der Waals surface area contributed by atoms with E-state index < -0.39 is 0 Å². The average molecular weight is 699 g/mol. The molecule has 0 aliphatic heterocycles. The van der Waals surface area contributed by atoms with Crippen molar-refractivity contribution < 1.29 is 0 Å². The van der Waals surface area contributed by atoms with Gasteiger partial charge in [0.05, 0.1) is 0 Å². The van der Waals surface area contributed by atoms with Crippen LogP contribution in [0, 0.1) is 0 Å². The zero-order chi connectivity index (χ0) is 36.7. The Labute approximate surface area is 322 Å². The van der Waals surface area contributed by atoms with Gasteiger partial charge >= 0.3 is 0 Å². The van der Waals surface area contributed by atoms with Crippen molar-refractivity contribution in [1.29, 1.82) is 0 Å². The zero-order valence-corrected chi connectivity index (χ0v) is 31.0. The van der Waals surface area contributed by atoms with Crippen LogP contribution in [0.25, 0.3) is 98.7 Å². The fourth-order valence-electron chi connectivity index (χ4n) is 9.58.